The van der Waals surface area contributed by atoms with Gasteiger partial charge in [0.05, 0.1) is 6.26 Å². The summed E-state index contributed by atoms with van der Waals surface area (Å²) in [5.41, 5.74) is 0. The second-order valence-corrected chi connectivity index (χ2v) is 8.62. The highest BCUT2D eigenvalue weighted by Crippen LogP contribution is 2.22. The van der Waals surface area contributed by atoms with E-state index in [9.17, 15) is 8.42 Å². The van der Waals surface area contributed by atoms with E-state index in [1.807, 2.05) is 0 Å². The molecule has 2 aliphatic heterocycles. The van der Waals surface area contributed by atoms with E-state index in [-0.39, 0.29) is 0 Å². The monoisotopic (exact) mass is 303 g/mol. The van der Waals surface area contributed by atoms with Gasteiger partial charge < -0.3 is 5.32 Å². The largest absolute Gasteiger partial charge is 0.314 e. The number of sulfonamides is 1. The van der Waals surface area contributed by atoms with Crippen molar-refractivity contribution in [3.63, 3.8) is 0 Å². The zero-order chi connectivity index (χ0) is 14.8. The predicted molar refractivity (Wildman–Crippen MR) is 82.2 cm³/mol. The molecule has 0 bridgehead atoms. The maximum atomic E-state index is 11.7. The van der Waals surface area contributed by atoms with E-state index >= 15 is 0 Å². The van der Waals surface area contributed by atoms with Gasteiger partial charge in [-0.3, -0.25) is 4.90 Å². The van der Waals surface area contributed by atoms with Crippen molar-refractivity contribution in [3.8, 4) is 0 Å². The fourth-order valence-electron chi connectivity index (χ4n) is 3.46. The normalized spacial score (nSPS) is 30.8. The number of piperazine rings is 1. The summed E-state index contributed by atoms with van der Waals surface area (Å²) < 4.78 is 25.1. The van der Waals surface area contributed by atoms with Crippen LogP contribution >= 0.6 is 0 Å². The minimum absolute atomic E-state index is 0.484. The Balaban J connectivity index is 1.94. The molecular weight excluding hydrogens is 274 g/mol. The van der Waals surface area contributed by atoms with E-state index in [2.05, 4.69) is 24.1 Å². The Labute approximate surface area is 123 Å². The molecule has 20 heavy (non-hydrogen) atoms. The number of nitrogens with one attached hydrogen (secondary N) is 1. The first kappa shape index (κ1) is 16.2. The van der Waals surface area contributed by atoms with Gasteiger partial charge in [-0.2, -0.15) is 0 Å². The number of nitrogens with zero attached hydrogens (tertiary/aromatic N) is 2. The fourth-order valence-corrected chi connectivity index (χ4v) is 4.40. The zero-order valence-corrected chi connectivity index (χ0v) is 13.8. The van der Waals surface area contributed by atoms with Crippen LogP contribution in [0.25, 0.3) is 0 Å². The summed E-state index contributed by atoms with van der Waals surface area (Å²) >= 11 is 0. The lowest BCUT2D eigenvalue weighted by Gasteiger charge is -2.42. The van der Waals surface area contributed by atoms with Crippen molar-refractivity contribution in [2.45, 2.75) is 32.7 Å². The quantitative estimate of drug-likeness (QED) is 0.826. The van der Waals surface area contributed by atoms with Gasteiger partial charge in [0.15, 0.2) is 0 Å². The van der Waals surface area contributed by atoms with Crippen molar-refractivity contribution >= 4 is 10.0 Å². The second-order valence-electron chi connectivity index (χ2n) is 6.64. The molecule has 0 saturated carbocycles. The standard InChI is InChI=1S/C14H29N3O2S/c1-12(2)14-9-15-6-8-16(14)10-13-5-4-7-17(11-13)20(3,18)19/h12-15H,4-11H2,1-3H3. The van der Waals surface area contributed by atoms with E-state index in [0.29, 0.717) is 31.0 Å². The zero-order valence-electron chi connectivity index (χ0n) is 13.0. The van der Waals surface area contributed by atoms with E-state index in [0.717, 1.165) is 39.0 Å². The van der Waals surface area contributed by atoms with Crippen molar-refractivity contribution in [1.82, 2.24) is 14.5 Å². The molecule has 2 saturated heterocycles. The highest BCUT2D eigenvalue weighted by Gasteiger charge is 2.31. The topological polar surface area (TPSA) is 52.6 Å². The van der Waals surface area contributed by atoms with Crippen LogP contribution in [0.2, 0.25) is 0 Å². The molecule has 0 aromatic carbocycles. The molecule has 0 aliphatic carbocycles. The first-order valence-corrected chi connectivity index (χ1v) is 9.62. The molecule has 0 amide bonds. The van der Waals surface area contributed by atoms with Crippen molar-refractivity contribution in [2.24, 2.45) is 11.8 Å². The Morgan fingerprint density at radius 1 is 1.30 bits per heavy atom. The van der Waals surface area contributed by atoms with Gasteiger partial charge in [-0.25, -0.2) is 12.7 Å². The fraction of sp³-hybridized carbons (Fsp3) is 1.00. The van der Waals surface area contributed by atoms with Crippen molar-refractivity contribution < 1.29 is 8.42 Å². The van der Waals surface area contributed by atoms with E-state index in [1.165, 1.54) is 6.26 Å². The molecule has 5 nitrogen and oxygen atoms in total. The molecule has 2 atom stereocenters. The third-order valence-corrected chi connectivity index (χ3v) is 5.88. The van der Waals surface area contributed by atoms with Crippen LogP contribution in [0, 0.1) is 11.8 Å². The molecule has 0 spiro atoms. The summed E-state index contributed by atoms with van der Waals surface area (Å²) in [7, 11) is -3.03. The SMILES string of the molecule is CC(C)C1CNCCN1CC1CCCN(S(C)(=O)=O)C1. The maximum Gasteiger partial charge on any atom is 0.211 e. The van der Waals surface area contributed by atoms with Gasteiger partial charge in [0.2, 0.25) is 10.0 Å². The van der Waals surface area contributed by atoms with Gasteiger partial charge in [0, 0.05) is 45.3 Å². The predicted octanol–water partition coefficient (Wildman–Crippen LogP) is 0.588. The Bertz CT molecular complexity index is 411. The molecule has 1 N–H and O–H groups in total. The Hall–Kier alpha value is -0.170. The van der Waals surface area contributed by atoms with Crippen molar-refractivity contribution in [1.29, 1.82) is 0 Å². The first-order valence-electron chi connectivity index (χ1n) is 7.78. The molecule has 0 aromatic heterocycles. The Morgan fingerprint density at radius 2 is 2.05 bits per heavy atom. The molecule has 0 aromatic rings. The van der Waals surface area contributed by atoms with Crippen LogP contribution in [0.3, 0.4) is 0 Å². The highest BCUT2D eigenvalue weighted by atomic mass is 32.2. The minimum Gasteiger partial charge on any atom is -0.314 e. The van der Waals surface area contributed by atoms with Gasteiger partial charge in [-0.1, -0.05) is 13.8 Å². The van der Waals surface area contributed by atoms with Gasteiger partial charge in [-0.15, -0.1) is 0 Å². The number of hydrogen-bond acceptors (Lipinski definition) is 4. The first-order chi connectivity index (χ1) is 9.38. The summed E-state index contributed by atoms with van der Waals surface area (Å²) in [4.78, 5) is 2.57. The van der Waals surface area contributed by atoms with Crippen molar-refractivity contribution in [3.05, 3.63) is 0 Å². The number of rotatable bonds is 4. The minimum atomic E-state index is -3.03. The number of hydrogen-bond donors (Lipinski definition) is 1. The molecule has 118 valence electrons. The van der Waals surface area contributed by atoms with Crippen LogP contribution in [0.1, 0.15) is 26.7 Å². The molecule has 2 heterocycles. The van der Waals surface area contributed by atoms with Gasteiger partial charge in [0.25, 0.3) is 0 Å². The van der Waals surface area contributed by atoms with Crippen LogP contribution < -0.4 is 5.32 Å². The van der Waals surface area contributed by atoms with E-state index < -0.39 is 10.0 Å². The van der Waals surface area contributed by atoms with Crippen LogP contribution in [0.15, 0.2) is 0 Å². The van der Waals surface area contributed by atoms with E-state index in [4.69, 9.17) is 0 Å². The van der Waals surface area contributed by atoms with Crippen LogP contribution in [0.4, 0.5) is 0 Å². The summed E-state index contributed by atoms with van der Waals surface area (Å²) in [6.07, 6.45) is 3.48. The second kappa shape index (κ2) is 6.73. The molecule has 2 unspecified atom stereocenters. The van der Waals surface area contributed by atoms with Crippen molar-refractivity contribution in [2.75, 3.05) is 45.5 Å². The van der Waals surface area contributed by atoms with Gasteiger partial charge >= 0.3 is 0 Å². The van der Waals surface area contributed by atoms with Crippen LogP contribution in [0.5, 0.6) is 0 Å². The molecule has 2 rings (SSSR count). The summed E-state index contributed by atoms with van der Waals surface area (Å²) in [5.74, 6) is 1.12. The lowest BCUT2D eigenvalue weighted by atomic mass is 9.95. The molecular formula is C14H29N3O2S. The molecule has 0 radical (unpaired) electrons. The lowest BCUT2D eigenvalue weighted by Crippen LogP contribution is -2.55. The smallest absolute Gasteiger partial charge is 0.211 e. The van der Waals surface area contributed by atoms with E-state index in [1.54, 1.807) is 4.31 Å². The Morgan fingerprint density at radius 3 is 2.70 bits per heavy atom. The molecule has 2 aliphatic rings. The number of piperidine rings is 1. The van der Waals surface area contributed by atoms with Gasteiger partial charge in [-0.05, 0) is 24.7 Å². The van der Waals surface area contributed by atoms with Gasteiger partial charge in [0.1, 0.15) is 0 Å². The Kier molecular flexibility index (Phi) is 5.45. The summed E-state index contributed by atoms with van der Waals surface area (Å²) in [6.45, 7) is 10.2. The average molecular weight is 303 g/mol. The lowest BCUT2D eigenvalue weighted by molar-refractivity contribution is 0.0898. The highest BCUT2D eigenvalue weighted by molar-refractivity contribution is 7.88. The third-order valence-electron chi connectivity index (χ3n) is 4.61. The average Bonchev–Trinajstić information content (AvgIpc) is 2.38. The summed E-state index contributed by atoms with van der Waals surface area (Å²) in [5, 5.41) is 3.47. The van der Waals surface area contributed by atoms with Crippen LogP contribution in [-0.2, 0) is 10.0 Å². The summed E-state index contributed by atoms with van der Waals surface area (Å²) in [6, 6.07) is 0.581. The maximum absolute atomic E-state index is 11.7. The van der Waals surface area contributed by atoms with Crippen LogP contribution in [-0.4, -0.2) is 69.2 Å². The third kappa shape index (κ3) is 4.16. The molecule has 2 fully saturated rings. The molecule has 6 heteroatoms.